The number of urea groups is 1. The van der Waals surface area contributed by atoms with Gasteiger partial charge in [0.1, 0.15) is 0 Å². The third-order valence-corrected chi connectivity index (χ3v) is 4.75. The standard InChI is InChI=1S/C15H12ClN3O3S/c16-11-2-4-12(5-3-11)18-15(20)19-23(21,22)13-6-1-10-7-8-17-14(10)9-13/h1-9,17H,(H2,18,19,20). The van der Waals surface area contributed by atoms with Gasteiger partial charge in [-0.1, -0.05) is 17.7 Å². The van der Waals surface area contributed by atoms with E-state index >= 15 is 0 Å². The van der Waals surface area contributed by atoms with Gasteiger partial charge in [0, 0.05) is 22.4 Å². The first-order valence-electron chi connectivity index (χ1n) is 6.60. The Balaban J connectivity index is 1.77. The Morgan fingerprint density at radius 1 is 1.04 bits per heavy atom. The number of hydrogen-bond acceptors (Lipinski definition) is 3. The van der Waals surface area contributed by atoms with Gasteiger partial charge in [-0.3, -0.25) is 0 Å². The lowest BCUT2D eigenvalue weighted by molar-refractivity contribution is 0.256. The van der Waals surface area contributed by atoms with Crippen molar-refractivity contribution in [3.05, 3.63) is 59.8 Å². The van der Waals surface area contributed by atoms with Crippen LogP contribution in [-0.2, 0) is 10.0 Å². The van der Waals surface area contributed by atoms with Crippen LogP contribution in [0.4, 0.5) is 10.5 Å². The number of amides is 2. The summed E-state index contributed by atoms with van der Waals surface area (Å²) in [5, 5.41) is 3.83. The van der Waals surface area contributed by atoms with Gasteiger partial charge in [0.15, 0.2) is 0 Å². The summed E-state index contributed by atoms with van der Waals surface area (Å²) in [7, 11) is -3.97. The first-order valence-corrected chi connectivity index (χ1v) is 8.47. The van der Waals surface area contributed by atoms with Crippen molar-refractivity contribution in [2.24, 2.45) is 0 Å². The highest BCUT2D eigenvalue weighted by atomic mass is 35.5. The Morgan fingerprint density at radius 3 is 2.52 bits per heavy atom. The number of carbonyl (C=O) groups excluding carboxylic acids is 1. The van der Waals surface area contributed by atoms with Gasteiger partial charge in [0.2, 0.25) is 0 Å². The fraction of sp³-hybridized carbons (Fsp3) is 0. The van der Waals surface area contributed by atoms with E-state index in [2.05, 4.69) is 10.3 Å². The van der Waals surface area contributed by atoms with Gasteiger partial charge in [-0.25, -0.2) is 17.9 Å². The second kappa shape index (κ2) is 5.94. The number of aromatic amines is 1. The third-order valence-electron chi connectivity index (χ3n) is 3.17. The highest BCUT2D eigenvalue weighted by molar-refractivity contribution is 7.90. The van der Waals surface area contributed by atoms with Crippen molar-refractivity contribution >= 4 is 44.2 Å². The zero-order chi connectivity index (χ0) is 16.4. The quantitative estimate of drug-likeness (QED) is 0.677. The minimum absolute atomic E-state index is 0.00120. The van der Waals surface area contributed by atoms with E-state index in [9.17, 15) is 13.2 Å². The molecule has 3 rings (SSSR count). The normalized spacial score (nSPS) is 11.3. The molecule has 6 nitrogen and oxygen atoms in total. The summed E-state index contributed by atoms with van der Waals surface area (Å²) < 4.78 is 26.5. The van der Waals surface area contributed by atoms with Crippen LogP contribution >= 0.6 is 11.6 Å². The van der Waals surface area contributed by atoms with Crippen LogP contribution in [0.1, 0.15) is 0 Å². The lowest BCUT2D eigenvalue weighted by Gasteiger charge is -2.09. The maximum Gasteiger partial charge on any atom is 0.333 e. The van der Waals surface area contributed by atoms with Crippen molar-refractivity contribution in [2.45, 2.75) is 4.90 Å². The van der Waals surface area contributed by atoms with E-state index in [1.807, 2.05) is 10.8 Å². The Labute approximate surface area is 137 Å². The molecule has 0 bridgehead atoms. The molecule has 3 aromatic rings. The molecule has 0 unspecified atom stereocenters. The predicted molar refractivity (Wildman–Crippen MR) is 89.1 cm³/mol. The molecule has 0 aliphatic rings. The summed E-state index contributed by atoms with van der Waals surface area (Å²) in [6, 6.07) is 11.9. The summed E-state index contributed by atoms with van der Waals surface area (Å²) in [4.78, 5) is 14.8. The Morgan fingerprint density at radius 2 is 1.78 bits per heavy atom. The molecule has 0 saturated heterocycles. The van der Waals surface area contributed by atoms with Gasteiger partial charge in [-0.05, 0) is 47.9 Å². The number of aromatic nitrogens is 1. The average molecular weight is 350 g/mol. The van der Waals surface area contributed by atoms with Crippen molar-refractivity contribution in [3.8, 4) is 0 Å². The van der Waals surface area contributed by atoms with Crippen LogP contribution in [0, 0.1) is 0 Å². The van der Waals surface area contributed by atoms with Crippen LogP contribution in [0.25, 0.3) is 10.9 Å². The SMILES string of the molecule is O=C(Nc1ccc(Cl)cc1)NS(=O)(=O)c1ccc2cc[nH]c2c1. The van der Waals surface area contributed by atoms with E-state index in [0.29, 0.717) is 16.2 Å². The fourth-order valence-corrected chi connectivity index (χ4v) is 3.12. The topological polar surface area (TPSA) is 91.1 Å². The number of fused-ring (bicyclic) bond motifs is 1. The maximum absolute atomic E-state index is 12.2. The molecule has 2 amide bonds. The molecule has 3 N–H and O–H groups in total. The number of sulfonamides is 1. The molecule has 8 heteroatoms. The lowest BCUT2D eigenvalue weighted by atomic mass is 10.2. The van der Waals surface area contributed by atoms with E-state index in [0.717, 1.165) is 5.39 Å². The smallest absolute Gasteiger partial charge is 0.333 e. The van der Waals surface area contributed by atoms with Crippen LogP contribution in [-0.4, -0.2) is 19.4 Å². The van der Waals surface area contributed by atoms with Gasteiger partial charge in [-0.15, -0.1) is 0 Å². The Bertz CT molecular complexity index is 965. The first-order chi connectivity index (χ1) is 10.9. The minimum Gasteiger partial charge on any atom is -0.361 e. The molecule has 0 fully saturated rings. The monoisotopic (exact) mass is 349 g/mol. The summed E-state index contributed by atoms with van der Waals surface area (Å²) in [5.74, 6) is 0. The second-order valence-electron chi connectivity index (χ2n) is 4.79. The molecule has 0 aliphatic carbocycles. The highest BCUT2D eigenvalue weighted by Gasteiger charge is 2.18. The molecule has 0 radical (unpaired) electrons. The fourth-order valence-electron chi connectivity index (χ4n) is 2.06. The molecule has 23 heavy (non-hydrogen) atoms. The molecule has 2 aromatic carbocycles. The number of hydrogen-bond donors (Lipinski definition) is 3. The number of nitrogens with one attached hydrogen (secondary N) is 3. The third kappa shape index (κ3) is 3.46. The molecule has 0 spiro atoms. The van der Waals surface area contributed by atoms with Gasteiger partial charge in [-0.2, -0.15) is 0 Å². The van der Waals surface area contributed by atoms with Crippen molar-refractivity contribution in [2.75, 3.05) is 5.32 Å². The number of benzene rings is 2. The van der Waals surface area contributed by atoms with Crippen molar-refractivity contribution < 1.29 is 13.2 Å². The number of rotatable bonds is 3. The van der Waals surface area contributed by atoms with E-state index in [4.69, 9.17) is 11.6 Å². The van der Waals surface area contributed by atoms with Gasteiger partial charge >= 0.3 is 6.03 Å². The zero-order valence-corrected chi connectivity index (χ0v) is 13.3. The van der Waals surface area contributed by atoms with Crippen LogP contribution in [0.2, 0.25) is 5.02 Å². The molecular weight excluding hydrogens is 338 g/mol. The van der Waals surface area contributed by atoms with Crippen LogP contribution in [0.15, 0.2) is 59.6 Å². The summed E-state index contributed by atoms with van der Waals surface area (Å²) in [5.41, 5.74) is 1.10. The summed E-state index contributed by atoms with van der Waals surface area (Å²) in [6.07, 6.45) is 1.71. The summed E-state index contributed by atoms with van der Waals surface area (Å²) in [6.45, 7) is 0. The highest BCUT2D eigenvalue weighted by Crippen LogP contribution is 2.18. The van der Waals surface area contributed by atoms with Gasteiger partial charge < -0.3 is 10.3 Å². The predicted octanol–water partition coefficient (Wildman–Crippen LogP) is 3.33. The Hall–Kier alpha value is -2.51. The van der Waals surface area contributed by atoms with Crippen molar-refractivity contribution in [1.29, 1.82) is 0 Å². The first kappa shape index (κ1) is 15.4. The van der Waals surface area contributed by atoms with E-state index < -0.39 is 16.1 Å². The van der Waals surface area contributed by atoms with E-state index in [1.54, 1.807) is 36.5 Å². The van der Waals surface area contributed by atoms with E-state index in [1.165, 1.54) is 12.1 Å². The number of carbonyl (C=O) groups is 1. The molecule has 0 aliphatic heterocycles. The molecule has 1 aromatic heterocycles. The summed E-state index contributed by atoms with van der Waals surface area (Å²) >= 11 is 5.75. The molecule has 0 atom stereocenters. The molecule has 0 saturated carbocycles. The molecule has 118 valence electrons. The Kier molecular flexibility index (Phi) is 3.97. The van der Waals surface area contributed by atoms with Crippen molar-refractivity contribution in [1.82, 2.24) is 9.71 Å². The van der Waals surface area contributed by atoms with Crippen LogP contribution in [0.5, 0.6) is 0 Å². The van der Waals surface area contributed by atoms with Crippen molar-refractivity contribution in [3.63, 3.8) is 0 Å². The average Bonchev–Trinajstić information content (AvgIpc) is 2.96. The molecule has 1 heterocycles. The number of halogens is 1. The van der Waals surface area contributed by atoms with Crippen LogP contribution in [0.3, 0.4) is 0 Å². The molecular formula is C15H12ClN3O3S. The van der Waals surface area contributed by atoms with Crippen LogP contribution < -0.4 is 10.0 Å². The minimum atomic E-state index is -3.97. The number of H-pyrrole nitrogens is 1. The lowest BCUT2D eigenvalue weighted by Crippen LogP contribution is -2.34. The largest absolute Gasteiger partial charge is 0.361 e. The maximum atomic E-state index is 12.2. The van der Waals surface area contributed by atoms with E-state index in [-0.39, 0.29) is 4.90 Å². The number of anilines is 1. The zero-order valence-electron chi connectivity index (χ0n) is 11.7. The van der Waals surface area contributed by atoms with Gasteiger partial charge in [0.05, 0.1) is 4.90 Å². The second-order valence-corrected chi connectivity index (χ2v) is 6.91. The van der Waals surface area contributed by atoms with Gasteiger partial charge in [0.25, 0.3) is 10.0 Å².